The largest absolute Gasteiger partial charge is 0.492 e. The molecule has 3 heteroatoms. The maximum absolute atomic E-state index is 9.71. The molecule has 0 heterocycles. The number of ether oxygens (including phenoxy) is 1. The molecule has 0 spiro atoms. The van der Waals surface area contributed by atoms with Crippen LogP contribution in [0, 0.1) is 5.92 Å². The van der Waals surface area contributed by atoms with Gasteiger partial charge >= 0.3 is 0 Å². The molecule has 1 unspecified atom stereocenters. The summed E-state index contributed by atoms with van der Waals surface area (Å²) in [6, 6.07) is 6.48. The third-order valence-corrected chi connectivity index (χ3v) is 4.96. The molecule has 1 saturated carbocycles. The maximum atomic E-state index is 9.71. The lowest BCUT2D eigenvalue weighted by Gasteiger charge is -2.31. The number of nitrogens with one attached hydrogen (secondary N) is 1. The minimum atomic E-state index is -0.268. The van der Waals surface area contributed by atoms with E-state index in [1.54, 1.807) is 0 Å². The molecule has 0 bridgehead atoms. The summed E-state index contributed by atoms with van der Waals surface area (Å²) in [5, 5.41) is 13.0. The van der Waals surface area contributed by atoms with Gasteiger partial charge in [0.05, 0.1) is 12.1 Å². The first-order chi connectivity index (χ1) is 9.77. The highest BCUT2D eigenvalue weighted by atomic mass is 16.5. The monoisotopic (exact) mass is 275 g/mol. The molecule has 1 aromatic carbocycles. The Morgan fingerprint density at radius 3 is 2.65 bits per heavy atom. The second-order valence-electron chi connectivity index (χ2n) is 6.26. The number of hydrogen-bond donors (Lipinski definition) is 2. The molecule has 1 aromatic rings. The van der Waals surface area contributed by atoms with E-state index in [9.17, 15) is 5.11 Å². The molecule has 0 aliphatic heterocycles. The van der Waals surface area contributed by atoms with E-state index in [2.05, 4.69) is 23.5 Å². The molecule has 1 fully saturated rings. The number of fused-ring (bicyclic) bond motifs is 1. The van der Waals surface area contributed by atoms with Gasteiger partial charge in [0.25, 0.3) is 0 Å². The fraction of sp³-hybridized carbons (Fsp3) is 0.647. The molecule has 0 saturated heterocycles. The first-order valence-corrected chi connectivity index (χ1v) is 7.82. The summed E-state index contributed by atoms with van der Waals surface area (Å²) in [7, 11) is 1.92. The van der Waals surface area contributed by atoms with E-state index >= 15 is 0 Å². The lowest BCUT2D eigenvalue weighted by atomic mass is 9.91. The fourth-order valence-electron chi connectivity index (χ4n) is 3.30. The lowest BCUT2D eigenvalue weighted by molar-refractivity contribution is 0.0914. The summed E-state index contributed by atoms with van der Waals surface area (Å²) in [5.41, 5.74) is 2.66. The number of aliphatic hydroxyl groups is 1. The van der Waals surface area contributed by atoms with Crippen LogP contribution in [0.15, 0.2) is 18.2 Å². The van der Waals surface area contributed by atoms with Gasteiger partial charge in [0.15, 0.2) is 0 Å². The van der Waals surface area contributed by atoms with E-state index in [1.165, 1.54) is 49.7 Å². The van der Waals surface area contributed by atoms with Crippen molar-refractivity contribution in [2.24, 2.45) is 5.92 Å². The Hall–Kier alpha value is -1.06. The molecule has 110 valence electrons. The normalized spacial score (nSPS) is 21.1. The number of hydrogen-bond acceptors (Lipinski definition) is 3. The summed E-state index contributed by atoms with van der Waals surface area (Å²) in [6.07, 6.45) is 7.35. The van der Waals surface area contributed by atoms with Gasteiger partial charge in [0, 0.05) is 0 Å². The average Bonchev–Trinajstić information content (AvgIpc) is 3.34. The van der Waals surface area contributed by atoms with Crippen molar-refractivity contribution in [2.45, 2.75) is 44.1 Å². The molecule has 0 amide bonds. The number of benzene rings is 1. The van der Waals surface area contributed by atoms with E-state index in [4.69, 9.17) is 4.74 Å². The predicted octanol–water partition coefficient (Wildman–Crippen LogP) is 2.30. The van der Waals surface area contributed by atoms with Crippen LogP contribution >= 0.6 is 0 Å². The standard InChI is InChI=1S/C17H25NO2/c1-18-17(11-19,15-7-8-15)12-20-16-9-6-13-4-2-3-5-14(13)10-16/h6,9-10,15,18-19H,2-5,7-8,11-12H2,1H3. The van der Waals surface area contributed by atoms with Crippen LogP contribution in [0.2, 0.25) is 0 Å². The summed E-state index contributed by atoms with van der Waals surface area (Å²) in [5.74, 6) is 1.49. The molecule has 0 aromatic heterocycles. The average molecular weight is 275 g/mol. The van der Waals surface area contributed by atoms with Crippen molar-refractivity contribution in [2.75, 3.05) is 20.3 Å². The van der Waals surface area contributed by atoms with E-state index < -0.39 is 0 Å². The quantitative estimate of drug-likeness (QED) is 0.837. The number of aryl methyl sites for hydroxylation is 2. The molecule has 3 rings (SSSR count). The smallest absolute Gasteiger partial charge is 0.119 e. The predicted molar refractivity (Wildman–Crippen MR) is 80.2 cm³/mol. The molecule has 20 heavy (non-hydrogen) atoms. The van der Waals surface area contributed by atoms with Crippen LogP contribution in [0.3, 0.4) is 0 Å². The molecule has 2 aliphatic rings. The molecular formula is C17H25NO2. The van der Waals surface area contributed by atoms with Crippen LogP contribution < -0.4 is 10.1 Å². The lowest BCUT2D eigenvalue weighted by Crippen LogP contribution is -2.53. The van der Waals surface area contributed by atoms with Crippen LogP contribution in [0.5, 0.6) is 5.75 Å². The van der Waals surface area contributed by atoms with Gasteiger partial charge in [-0.15, -0.1) is 0 Å². The Bertz CT molecular complexity index is 464. The van der Waals surface area contributed by atoms with Gasteiger partial charge in [-0.25, -0.2) is 0 Å². The molecule has 2 aliphatic carbocycles. The zero-order valence-corrected chi connectivity index (χ0v) is 12.3. The number of rotatable bonds is 6. The zero-order chi connectivity index (χ0) is 14.0. The van der Waals surface area contributed by atoms with Gasteiger partial charge in [0.1, 0.15) is 12.4 Å². The SMILES string of the molecule is CNC(CO)(COc1ccc2c(c1)CCCC2)C1CC1. The number of likely N-dealkylation sites (N-methyl/N-ethyl adjacent to an activating group) is 1. The van der Waals surface area contributed by atoms with Gasteiger partial charge < -0.3 is 15.2 Å². The Morgan fingerprint density at radius 1 is 1.25 bits per heavy atom. The molecule has 3 nitrogen and oxygen atoms in total. The first-order valence-electron chi connectivity index (χ1n) is 7.82. The second kappa shape index (κ2) is 5.74. The summed E-state index contributed by atoms with van der Waals surface area (Å²) < 4.78 is 6.00. The van der Waals surface area contributed by atoms with Crippen molar-refractivity contribution in [3.8, 4) is 5.75 Å². The molecule has 0 radical (unpaired) electrons. The second-order valence-corrected chi connectivity index (χ2v) is 6.26. The van der Waals surface area contributed by atoms with Crippen LogP contribution in [0.4, 0.5) is 0 Å². The summed E-state index contributed by atoms with van der Waals surface area (Å²) in [6.45, 7) is 0.683. The van der Waals surface area contributed by atoms with E-state index in [-0.39, 0.29) is 12.1 Å². The van der Waals surface area contributed by atoms with E-state index in [0.717, 1.165) is 5.75 Å². The minimum absolute atomic E-state index is 0.138. The van der Waals surface area contributed by atoms with Crippen molar-refractivity contribution in [1.29, 1.82) is 0 Å². The first kappa shape index (κ1) is 13.9. The van der Waals surface area contributed by atoms with Gasteiger partial charge in [-0.05, 0) is 74.8 Å². The highest BCUT2D eigenvalue weighted by Gasteiger charge is 2.44. The van der Waals surface area contributed by atoms with Crippen molar-refractivity contribution in [1.82, 2.24) is 5.32 Å². The van der Waals surface area contributed by atoms with E-state index in [1.807, 2.05) is 7.05 Å². The van der Waals surface area contributed by atoms with Crippen molar-refractivity contribution < 1.29 is 9.84 Å². The highest BCUT2D eigenvalue weighted by molar-refractivity contribution is 5.37. The van der Waals surface area contributed by atoms with Gasteiger partial charge in [-0.2, -0.15) is 0 Å². The van der Waals surface area contributed by atoms with Crippen molar-refractivity contribution in [3.63, 3.8) is 0 Å². The van der Waals surface area contributed by atoms with Crippen LogP contribution in [-0.2, 0) is 12.8 Å². The van der Waals surface area contributed by atoms with Gasteiger partial charge in [0.2, 0.25) is 0 Å². The Kier molecular flexibility index (Phi) is 3.99. The Labute approximate surface area is 121 Å². The third-order valence-electron chi connectivity index (χ3n) is 4.96. The molecule has 1 atom stereocenters. The highest BCUT2D eigenvalue weighted by Crippen LogP contribution is 2.39. The van der Waals surface area contributed by atoms with Crippen LogP contribution in [0.25, 0.3) is 0 Å². The zero-order valence-electron chi connectivity index (χ0n) is 12.3. The van der Waals surface area contributed by atoms with Gasteiger partial charge in [-0.1, -0.05) is 6.07 Å². The third kappa shape index (κ3) is 2.70. The van der Waals surface area contributed by atoms with Crippen LogP contribution in [-0.4, -0.2) is 30.9 Å². The fourth-order valence-corrected chi connectivity index (χ4v) is 3.30. The topological polar surface area (TPSA) is 41.5 Å². The van der Waals surface area contributed by atoms with Crippen LogP contribution in [0.1, 0.15) is 36.8 Å². The Morgan fingerprint density at radius 2 is 2.00 bits per heavy atom. The Balaban J connectivity index is 1.68. The number of aliphatic hydroxyl groups excluding tert-OH is 1. The minimum Gasteiger partial charge on any atom is -0.492 e. The van der Waals surface area contributed by atoms with Gasteiger partial charge in [-0.3, -0.25) is 0 Å². The summed E-state index contributed by atoms with van der Waals surface area (Å²) in [4.78, 5) is 0. The van der Waals surface area contributed by atoms with Crippen molar-refractivity contribution in [3.05, 3.63) is 29.3 Å². The maximum Gasteiger partial charge on any atom is 0.119 e. The van der Waals surface area contributed by atoms with E-state index in [0.29, 0.717) is 12.5 Å². The molecule has 2 N–H and O–H groups in total. The van der Waals surface area contributed by atoms with Crippen molar-refractivity contribution >= 4 is 0 Å². The molecular weight excluding hydrogens is 250 g/mol. The summed E-state index contributed by atoms with van der Waals surface area (Å²) >= 11 is 0.